The SMILES string of the molecule is CCN(CC)c1nc(NC)nc(N(C)CCC(=O)NC)n1. The fraction of sp³-hybridized carbons (Fsp3) is 0.692. The van der Waals surface area contributed by atoms with Gasteiger partial charge in [0.15, 0.2) is 0 Å². The van der Waals surface area contributed by atoms with E-state index in [-0.39, 0.29) is 5.91 Å². The van der Waals surface area contributed by atoms with Gasteiger partial charge in [-0.25, -0.2) is 0 Å². The van der Waals surface area contributed by atoms with Gasteiger partial charge in [-0.15, -0.1) is 0 Å². The fourth-order valence-corrected chi connectivity index (χ4v) is 1.78. The molecule has 1 aromatic heterocycles. The molecule has 0 radical (unpaired) electrons. The van der Waals surface area contributed by atoms with Gasteiger partial charge in [-0.3, -0.25) is 4.79 Å². The first-order valence-corrected chi connectivity index (χ1v) is 7.16. The number of hydrogen-bond donors (Lipinski definition) is 2. The van der Waals surface area contributed by atoms with E-state index in [9.17, 15) is 4.79 Å². The van der Waals surface area contributed by atoms with Gasteiger partial charge in [-0.2, -0.15) is 15.0 Å². The lowest BCUT2D eigenvalue weighted by atomic mass is 10.4. The summed E-state index contributed by atoms with van der Waals surface area (Å²) in [6.07, 6.45) is 0.397. The second-order valence-corrected chi connectivity index (χ2v) is 4.53. The standard InChI is InChI=1S/C13H25N7O/c1-6-20(7-2)13-17-11(15-4)16-12(18-13)19(5)9-8-10(21)14-3/h6-9H2,1-5H3,(H,14,21)(H,15,16,17,18). The summed E-state index contributed by atoms with van der Waals surface area (Å²) in [4.78, 5) is 28.4. The van der Waals surface area contributed by atoms with Crippen LogP contribution in [-0.2, 0) is 4.79 Å². The van der Waals surface area contributed by atoms with Gasteiger partial charge in [-0.05, 0) is 13.8 Å². The summed E-state index contributed by atoms with van der Waals surface area (Å²) < 4.78 is 0. The number of aromatic nitrogens is 3. The van der Waals surface area contributed by atoms with Crippen LogP contribution in [0.1, 0.15) is 20.3 Å². The third-order valence-corrected chi connectivity index (χ3v) is 3.18. The molecule has 1 heterocycles. The molecule has 2 N–H and O–H groups in total. The summed E-state index contributed by atoms with van der Waals surface area (Å²) >= 11 is 0. The van der Waals surface area contributed by atoms with E-state index in [4.69, 9.17) is 0 Å². The molecule has 21 heavy (non-hydrogen) atoms. The summed E-state index contributed by atoms with van der Waals surface area (Å²) in [6.45, 7) is 6.31. The molecule has 0 atom stereocenters. The summed E-state index contributed by atoms with van der Waals surface area (Å²) in [5.41, 5.74) is 0. The molecular weight excluding hydrogens is 270 g/mol. The number of nitrogens with zero attached hydrogens (tertiary/aromatic N) is 5. The zero-order valence-electron chi connectivity index (χ0n) is 13.5. The molecule has 0 saturated carbocycles. The molecule has 0 aromatic carbocycles. The van der Waals surface area contributed by atoms with Gasteiger partial charge in [0.25, 0.3) is 0 Å². The monoisotopic (exact) mass is 295 g/mol. The molecule has 0 unspecified atom stereocenters. The largest absolute Gasteiger partial charge is 0.359 e. The number of anilines is 3. The maximum absolute atomic E-state index is 11.3. The topological polar surface area (TPSA) is 86.3 Å². The summed E-state index contributed by atoms with van der Waals surface area (Å²) in [7, 11) is 5.27. The number of amides is 1. The quantitative estimate of drug-likeness (QED) is 0.715. The molecule has 0 spiro atoms. The Morgan fingerprint density at radius 3 is 2.24 bits per heavy atom. The van der Waals surface area contributed by atoms with Gasteiger partial charge in [0.1, 0.15) is 0 Å². The Bertz CT molecular complexity index is 462. The smallest absolute Gasteiger partial charge is 0.231 e. The van der Waals surface area contributed by atoms with Crippen molar-refractivity contribution in [1.29, 1.82) is 0 Å². The van der Waals surface area contributed by atoms with Crippen LogP contribution in [0.3, 0.4) is 0 Å². The molecule has 0 aliphatic heterocycles. The van der Waals surface area contributed by atoms with Crippen molar-refractivity contribution in [2.75, 3.05) is 55.9 Å². The van der Waals surface area contributed by atoms with Gasteiger partial charge >= 0.3 is 0 Å². The Labute approximate surface area is 126 Å². The van der Waals surface area contributed by atoms with Gasteiger partial charge < -0.3 is 20.4 Å². The summed E-state index contributed by atoms with van der Waals surface area (Å²) in [5.74, 6) is 1.71. The van der Waals surface area contributed by atoms with Crippen molar-refractivity contribution in [2.24, 2.45) is 0 Å². The van der Waals surface area contributed by atoms with Crippen LogP contribution in [0.5, 0.6) is 0 Å². The highest BCUT2D eigenvalue weighted by Gasteiger charge is 2.13. The van der Waals surface area contributed by atoms with Crippen molar-refractivity contribution in [1.82, 2.24) is 20.3 Å². The highest BCUT2D eigenvalue weighted by Crippen LogP contribution is 2.15. The Kier molecular flexibility index (Phi) is 6.64. The lowest BCUT2D eigenvalue weighted by molar-refractivity contribution is -0.120. The van der Waals surface area contributed by atoms with Gasteiger partial charge in [0.05, 0.1) is 0 Å². The van der Waals surface area contributed by atoms with E-state index < -0.39 is 0 Å². The lowest BCUT2D eigenvalue weighted by Gasteiger charge is -2.22. The van der Waals surface area contributed by atoms with E-state index in [1.807, 2.05) is 11.9 Å². The molecule has 8 heteroatoms. The van der Waals surface area contributed by atoms with Crippen molar-refractivity contribution in [2.45, 2.75) is 20.3 Å². The van der Waals surface area contributed by atoms with Crippen LogP contribution < -0.4 is 20.4 Å². The van der Waals surface area contributed by atoms with E-state index in [2.05, 4.69) is 44.3 Å². The van der Waals surface area contributed by atoms with E-state index in [0.29, 0.717) is 30.8 Å². The van der Waals surface area contributed by atoms with Gasteiger partial charge in [-0.1, -0.05) is 0 Å². The third kappa shape index (κ3) is 4.73. The Morgan fingerprint density at radius 2 is 1.71 bits per heavy atom. The predicted molar refractivity (Wildman–Crippen MR) is 84.9 cm³/mol. The molecule has 118 valence electrons. The van der Waals surface area contributed by atoms with E-state index >= 15 is 0 Å². The van der Waals surface area contributed by atoms with Crippen LogP contribution >= 0.6 is 0 Å². The van der Waals surface area contributed by atoms with E-state index in [1.165, 1.54) is 0 Å². The van der Waals surface area contributed by atoms with Crippen molar-refractivity contribution in [3.8, 4) is 0 Å². The molecule has 1 amide bonds. The van der Waals surface area contributed by atoms with Crippen LogP contribution in [-0.4, -0.2) is 61.6 Å². The average Bonchev–Trinajstić information content (AvgIpc) is 2.52. The molecule has 8 nitrogen and oxygen atoms in total. The Morgan fingerprint density at radius 1 is 1.10 bits per heavy atom. The van der Waals surface area contributed by atoms with Gasteiger partial charge in [0.2, 0.25) is 23.8 Å². The highest BCUT2D eigenvalue weighted by molar-refractivity contribution is 5.76. The van der Waals surface area contributed by atoms with E-state index in [1.54, 1.807) is 14.1 Å². The Hall–Kier alpha value is -2.12. The van der Waals surface area contributed by atoms with Crippen LogP contribution in [0, 0.1) is 0 Å². The first kappa shape index (κ1) is 16.9. The first-order valence-electron chi connectivity index (χ1n) is 7.16. The minimum atomic E-state index is -0.00582. The van der Waals surface area contributed by atoms with Crippen LogP contribution in [0.15, 0.2) is 0 Å². The molecule has 1 aromatic rings. The maximum atomic E-state index is 11.3. The Balaban J connectivity index is 2.94. The van der Waals surface area contributed by atoms with Crippen LogP contribution in [0.4, 0.5) is 17.8 Å². The van der Waals surface area contributed by atoms with Crippen LogP contribution in [0.25, 0.3) is 0 Å². The number of carbonyl (C=O) groups excluding carboxylic acids is 1. The first-order chi connectivity index (χ1) is 10.0. The number of rotatable bonds is 8. The molecule has 0 aliphatic rings. The van der Waals surface area contributed by atoms with Crippen molar-refractivity contribution >= 4 is 23.8 Å². The minimum Gasteiger partial charge on any atom is -0.359 e. The van der Waals surface area contributed by atoms with Crippen molar-refractivity contribution in [3.63, 3.8) is 0 Å². The zero-order valence-corrected chi connectivity index (χ0v) is 13.5. The zero-order chi connectivity index (χ0) is 15.8. The van der Waals surface area contributed by atoms with E-state index in [0.717, 1.165) is 13.1 Å². The molecule has 1 rings (SSSR count). The maximum Gasteiger partial charge on any atom is 0.231 e. The second-order valence-electron chi connectivity index (χ2n) is 4.53. The van der Waals surface area contributed by atoms with Crippen molar-refractivity contribution < 1.29 is 4.79 Å². The number of carbonyl (C=O) groups is 1. The van der Waals surface area contributed by atoms with Crippen LogP contribution in [0.2, 0.25) is 0 Å². The predicted octanol–water partition coefficient (Wildman–Crippen LogP) is 0.332. The van der Waals surface area contributed by atoms with Gasteiger partial charge in [0, 0.05) is 47.2 Å². The number of hydrogen-bond acceptors (Lipinski definition) is 7. The molecule has 0 aliphatic carbocycles. The highest BCUT2D eigenvalue weighted by atomic mass is 16.1. The summed E-state index contributed by atoms with van der Waals surface area (Å²) in [5, 5.41) is 5.55. The third-order valence-electron chi connectivity index (χ3n) is 3.18. The molecule has 0 fully saturated rings. The minimum absolute atomic E-state index is 0.00582. The lowest BCUT2D eigenvalue weighted by Crippen LogP contribution is -2.29. The average molecular weight is 295 g/mol. The molecule has 0 saturated heterocycles. The second kappa shape index (κ2) is 8.23. The molecule has 0 bridgehead atoms. The molecular formula is C13H25N7O. The fourth-order valence-electron chi connectivity index (χ4n) is 1.78. The normalized spacial score (nSPS) is 10.1. The number of nitrogens with one attached hydrogen (secondary N) is 2. The summed E-state index contributed by atoms with van der Waals surface area (Å²) in [6, 6.07) is 0. The van der Waals surface area contributed by atoms with Crippen molar-refractivity contribution in [3.05, 3.63) is 0 Å².